The number of benzene rings is 4. The number of rotatable bonds is 18. The first-order chi connectivity index (χ1) is 37.6. The van der Waals surface area contributed by atoms with Crippen LogP contribution in [-0.2, 0) is 26.6 Å². The summed E-state index contributed by atoms with van der Waals surface area (Å²) in [5, 5.41) is 2.98. The fourth-order valence-electron chi connectivity index (χ4n) is 11.1. The molecule has 3 aromatic heterocycles. The number of carbonyl (C=O) groups is 1. The number of carbonyl (C=O) groups excluding carboxylic acids is 1. The van der Waals surface area contributed by atoms with Crippen molar-refractivity contribution >= 4 is 50.1 Å². The second kappa shape index (κ2) is 25.7. The van der Waals surface area contributed by atoms with Crippen LogP contribution in [0.5, 0.6) is 23.0 Å². The molecule has 14 nitrogen and oxygen atoms in total. The van der Waals surface area contributed by atoms with Crippen molar-refractivity contribution in [3.8, 4) is 68.5 Å². The van der Waals surface area contributed by atoms with Gasteiger partial charge in [-0.05, 0) is 89.3 Å². The van der Waals surface area contributed by atoms with Gasteiger partial charge in [-0.15, -0.1) is 0 Å². The molecule has 2 aliphatic rings. The third-order valence-corrected chi connectivity index (χ3v) is 14.4. The number of ether oxygens (including phenoxy) is 5. The SMILES string of the molecule is C=CC(=O)OCC.CC(C)C(Oc1cccc2c1-c1nc-2nc2[n-]c(nc3nc(nc4[n-]c(n1)c1cccc(OC(C(C)C)C(C)C)c41)-c1cccc(OC(C(C)C)C(C)C)c1-3)c1cccc(OC(C(C)C)C(C)C)c21)C(C)C.[Cu+2]. The Bertz CT molecular complexity index is 3260. The first-order valence-corrected chi connectivity index (χ1v) is 28.3. The number of hydrogen-bond acceptors (Lipinski definition) is 12. The van der Waals surface area contributed by atoms with Gasteiger partial charge in [0.15, 0.2) is 0 Å². The van der Waals surface area contributed by atoms with Crippen molar-refractivity contribution < 1.29 is 45.5 Å². The molecule has 0 spiro atoms. The van der Waals surface area contributed by atoms with E-state index in [0.29, 0.717) is 75.5 Å². The van der Waals surface area contributed by atoms with E-state index in [2.05, 4.69) is 122 Å². The summed E-state index contributed by atoms with van der Waals surface area (Å²) in [4.78, 5) is 52.8. The monoisotopic (exact) mass is 1130 g/mol. The minimum Gasteiger partial charge on any atom is -0.489 e. The third-order valence-electron chi connectivity index (χ3n) is 14.4. The summed E-state index contributed by atoms with van der Waals surface area (Å²) in [6, 6.07) is 24.0. The van der Waals surface area contributed by atoms with Gasteiger partial charge in [0, 0.05) is 50.6 Å². The zero-order valence-electron chi connectivity index (χ0n) is 49.7. The van der Waals surface area contributed by atoms with E-state index in [0.717, 1.165) is 49.9 Å². The van der Waals surface area contributed by atoms with Crippen molar-refractivity contribution in [1.82, 2.24) is 39.9 Å². The molecular weight excluding hydrogens is 1050 g/mol. The van der Waals surface area contributed by atoms with Gasteiger partial charge in [0.25, 0.3) is 0 Å². The van der Waals surface area contributed by atoms with E-state index in [1.807, 2.05) is 72.8 Å². The Morgan fingerprint density at radius 2 is 0.738 bits per heavy atom. The standard InChI is InChI=1S/C60H72N8O4.C5H8O2.Cu/c1-29(2)49(30(3)4)69-41-25-17-21-37-45(41)57-61-53(37)66-58-47-39(23-19-27-43(47)71-51(33(9)10)34(11)12)55(63-58)68-60-48-40(24-20-28-44(48)72-52(35(13)14)36(15)16)56(64-60)67-59-46-38(54(62-59)65-57)22-18-26-42(46)70-50(31(5)6)32(7)8;1-3-5(6)7-4-2;/h17-36,49-52H,1-16H3;3H,1,4H2,2H3;/q-2;;+2. The molecule has 7 aromatic rings. The van der Waals surface area contributed by atoms with Crippen LogP contribution in [0.3, 0.4) is 0 Å². The van der Waals surface area contributed by atoms with Gasteiger partial charge in [-0.3, -0.25) is 0 Å². The molecule has 427 valence electrons. The zero-order chi connectivity index (χ0) is 57.1. The molecule has 0 fully saturated rings. The van der Waals surface area contributed by atoms with Crippen LogP contribution in [0.1, 0.15) is 118 Å². The van der Waals surface area contributed by atoms with Gasteiger partial charge in [0.05, 0.1) is 41.0 Å². The molecule has 80 heavy (non-hydrogen) atoms. The summed E-state index contributed by atoms with van der Waals surface area (Å²) >= 11 is 0. The van der Waals surface area contributed by atoms with Crippen LogP contribution in [0, 0.1) is 47.3 Å². The summed E-state index contributed by atoms with van der Waals surface area (Å²) < 4.78 is 32.4. The Morgan fingerprint density at radius 1 is 0.438 bits per heavy atom. The summed E-state index contributed by atoms with van der Waals surface area (Å²) in [5.41, 5.74) is 4.68. The molecule has 0 saturated carbocycles. The van der Waals surface area contributed by atoms with Crippen molar-refractivity contribution in [2.45, 2.75) is 142 Å². The van der Waals surface area contributed by atoms with E-state index in [-0.39, 0.29) is 94.8 Å². The van der Waals surface area contributed by atoms with Crippen LogP contribution >= 0.6 is 0 Å². The Balaban J connectivity index is 0.00000108. The number of fused-ring (bicyclic) bond motifs is 20. The molecule has 9 rings (SSSR count). The smallest absolute Gasteiger partial charge is 0.489 e. The van der Waals surface area contributed by atoms with Crippen molar-refractivity contribution in [3.05, 3.63) is 85.5 Å². The molecule has 2 aliphatic heterocycles. The van der Waals surface area contributed by atoms with Gasteiger partial charge >= 0.3 is 23.0 Å². The third kappa shape index (κ3) is 12.7. The van der Waals surface area contributed by atoms with Crippen LogP contribution in [0.4, 0.5) is 0 Å². The fraction of sp³-hybridized carbons (Fsp3) is 0.462. The molecule has 15 heteroatoms. The summed E-state index contributed by atoms with van der Waals surface area (Å²) in [6.45, 7) is 40.4. The Hall–Kier alpha value is -6.83. The van der Waals surface area contributed by atoms with Crippen molar-refractivity contribution in [2.75, 3.05) is 6.61 Å². The Labute approximate surface area is 483 Å². The Kier molecular flexibility index (Phi) is 19.6. The molecule has 5 heterocycles. The van der Waals surface area contributed by atoms with Gasteiger partial charge in [-0.2, -0.15) is 0 Å². The molecule has 0 N–H and O–H groups in total. The van der Waals surface area contributed by atoms with Crippen LogP contribution in [-0.4, -0.2) is 66.9 Å². The number of esters is 1. The summed E-state index contributed by atoms with van der Waals surface area (Å²) in [6.07, 6.45) is 0.815. The summed E-state index contributed by atoms with van der Waals surface area (Å²) in [5.74, 6) is 5.91. The van der Waals surface area contributed by atoms with Crippen molar-refractivity contribution in [2.24, 2.45) is 47.3 Å². The Morgan fingerprint density at radius 3 is 1.04 bits per heavy atom. The molecule has 0 amide bonds. The molecular formula is C65H80CuN8O6. The predicted molar refractivity (Wildman–Crippen MR) is 317 cm³/mol. The van der Waals surface area contributed by atoms with E-state index >= 15 is 0 Å². The van der Waals surface area contributed by atoms with Crippen molar-refractivity contribution in [3.63, 3.8) is 0 Å². The second-order valence-corrected chi connectivity index (χ2v) is 23.4. The maximum Gasteiger partial charge on any atom is 2.00 e. The average molecular weight is 1130 g/mol. The number of hydrogen-bond donors (Lipinski definition) is 0. The first-order valence-electron chi connectivity index (χ1n) is 28.3. The topological polar surface area (TPSA) is 169 Å². The van der Waals surface area contributed by atoms with Crippen molar-refractivity contribution in [1.29, 1.82) is 0 Å². The van der Waals surface area contributed by atoms with Gasteiger partial charge < -0.3 is 53.6 Å². The van der Waals surface area contributed by atoms with E-state index in [1.54, 1.807) is 6.92 Å². The van der Waals surface area contributed by atoms with Crippen LogP contribution in [0.25, 0.3) is 89.7 Å². The van der Waals surface area contributed by atoms with Crippen LogP contribution < -0.4 is 28.9 Å². The zero-order valence-corrected chi connectivity index (χ0v) is 50.6. The van der Waals surface area contributed by atoms with E-state index in [4.69, 9.17) is 58.8 Å². The molecule has 0 unspecified atom stereocenters. The fourth-order valence-corrected chi connectivity index (χ4v) is 11.1. The van der Waals surface area contributed by atoms with Gasteiger partial charge in [-0.1, -0.05) is 166 Å². The normalized spacial score (nSPS) is 12.2. The van der Waals surface area contributed by atoms with E-state index < -0.39 is 0 Å². The van der Waals surface area contributed by atoms with Crippen LogP contribution in [0.2, 0.25) is 0 Å². The molecule has 0 saturated heterocycles. The first kappa shape index (κ1) is 60.8. The second-order valence-electron chi connectivity index (χ2n) is 23.4. The molecule has 8 bridgehead atoms. The van der Waals surface area contributed by atoms with Gasteiger partial charge in [0.2, 0.25) is 0 Å². The molecule has 0 aliphatic carbocycles. The molecule has 4 aromatic carbocycles. The molecule has 0 atom stereocenters. The minimum absolute atomic E-state index is 0. The van der Waals surface area contributed by atoms with E-state index in [1.165, 1.54) is 0 Å². The number of aromatic nitrogens is 8. The summed E-state index contributed by atoms with van der Waals surface area (Å²) in [7, 11) is 0. The van der Waals surface area contributed by atoms with Gasteiger partial charge in [-0.25, -0.2) is 14.8 Å². The van der Waals surface area contributed by atoms with E-state index in [9.17, 15) is 4.79 Å². The average Bonchev–Trinajstić information content (AvgIpc) is 4.14. The maximum absolute atomic E-state index is 10.1. The largest absolute Gasteiger partial charge is 2.00 e. The molecule has 1 radical (unpaired) electrons. The maximum atomic E-state index is 10.1. The minimum atomic E-state index is -0.359. The quantitative estimate of drug-likeness (QED) is 0.0452. The van der Waals surface area contributed by atoms with Gasteiger partial charge in [0.1, 0.15) is 47.4 Å². The predicted octanol–water partition coefficient (Wildman–Crippen LogP) is 15.1. The number of nitrogens with zero attached hydrogens (tertiary/aromatic N) is 8. The van der Waals surface area contributed by atoms with Crippen LogP contribution in [0.15, 0.2) is 85.5 Å².